The molecule has 0 spiro atoms. The highest BCUT2D eigenvalue weighted by Gasteiger charge is 2.07. The molecule has 0 bridgehead atoms. The van der Waals surface area contributed by atoms with E-state index in [2.05, 4.69) is 26.2 Å². The Morgan fingerprint density at radius 3 is 2.71 bits per heavy atom. The summed E-state index contributed by atoms with van der Waals surface area (Å²) < 4.78 is 0.981. The lowest BCUT2D eigenvalue weighted by Gasteiger charge is -2.02. The predicted octanol–water partition coefficient (Wildman–Crippen LogP) is 2.88. The van der Waals surface area contributed by atoms with Gasteiger partial charge in [0.15, 0.2) is 5.78 Å². The Hall–Kier alpha value is -1.04. The predicted molar refractivity (Wildman–Crippen MR) is 72.3 cm³/mol. The van der Waals surface area contributed by atoms with Gasteiger partial charge in [0.05, 0.1) is 15.2 Å². The third kappa shape index (κ3) is 3.73. The summed E-state index contributed by atoms with van der Waals surface area (Å²) in [4.78, 5) is 16.5. The second kappa shape index (κ2) is 6.05. The van der Waals surface area contributed by atoms with E-state index in [0.29, 0.717) is 13.1 Å². The largest absolute Gasteiger partial charge is 0.306 e. The maximum absolute atomic E-state index is 11.8. The van der Waals surface area contributed by atoms with Crippen LogP contribution in [0.15, 0.2) is 40.4 Å². The van der Waals surface area contributed by atoms with Crippen molar-refractivity contribution in [2.45, 2.75) is 6.54 Å². The van der Waals surface area contributed by atoms with E-state index in [1.807, 2.05) is 24.3 Å². The summed E-state index contributed by atoms with van der Waals surface area (Å²) >= 11 is 4.80. The lowest BCUT2D eigenvalue weighted by molar-refractivity contribution is 0.0994. The minimum Gasteiger partial charge on any atom is -0.306 e. The highest BCUT2D eigenvalue weighted by atomic mass is 79.9. The monoisotopic (exact) mass is 310 g/mol. The number of ketones is 1. The fourth-order valence-electron chi connectivity index (χ4n) is 1.37. The van der Waals surface area contributed by atoms with Gasteiger partial charge in [-0.2, -0.15) is 0 Å². The Labute approximate surface area is 112 Å². The van der Waals surface area contributed by atoms with Crippen LogP contribution in [0.5, 0.6) is 0 Å². The first-order valence-electron chi connectivity index (χ1n) is 5.14. The van der Waals surface area contributed by atoms with Crippen LogP contribution in [-0.4, -0.2) is 17.3 Å². The smallest absolute Gasteiger partial charge is 0.186 e. The maximum atomic E-state index is 11.8. The van der Waals surface area contributed by atoms with Crippen LogP contribution < -0.4 is 5.32 Å². The molecule has 0 amide bonds. The van der Waals surface area contributed by atoms with Crippen molar-refractivity contribution in [3.8, 4) is 0 Å². The molecule has 0 aliphatic carbocycles. The van der Waals surface area contributed by atoms with Gasteiger partial charge < -0.3 is 5.32 Å². The lowest BCUT2D eigenvalue weighted by atomic mass is 10.2. The van der Waals surface area contributed by atoms with E-state index in [0.717, 1.165) is 14.2 Å². The summed E-state index contributed by atoms with van der Waals surface area (Å²) in [6.45, 7) is 1.04. The third-order valence-electron chi connectivity index (χ3n) is 2.21. The Morgan fingerprint density at radius 1 is 1.29 bits per heavy atom. The maximum Gasteiger partial charge on any atom is 0.186 e. The van der Waals surface area contributed by atoms with Crippen molar-refractivity contribution in [2.24, 2.45) is 0 Å². The van der Waals surface area contributed by atoms with Crippen molar-refractivity contribution in [3.05, 3.63) is 50.9 Å². The topological polar surface area (TPSA) is 42.0 Å². The van der Waals surface area contributed by atoms with Crippen molar-refractivity contribution in [2.75, 3.05) is 6.54 Å². The number of Topliss-reactive ketones (excluding diaryl/α,β-unsaturated/α-hetero) is 1. The fourth-order valence-corrected chi connectivity index (χ4v) is 2.70. The molecule has 2 rings (SSSR count). The van der Waals surface area contributed by atoms with Crippen LogP contribution in [0.4, 0.5) is 0 Å². The molecule has 2 aromatic heterocycles. The van der Waals surface area contributed by atoms with Crippen molar-refractivity contribution in [1.29, 1.82) is 0 Å². The molecule has 0 atom stereocenters. The average molecular weight is 311 g/mol. The first-order valence-corrected chi connectivity index (χ1v) is 6.75. The van der Waals surface area contributed by atoms with Gasteiger partial charge in [0.25, 0.3) is 0 Å². The molecular weight excluding hydrogens is 300 g/mol. The minimum absolute atomic E-state index is 0.120. The van der Waals surface area contributed by atoms with Gasteiger partial charge in [0, 0.05) is 18.9 Å². The molecule has 0 aliphatic heterocycles. The summed E-state index contributed by atoms with van der Waals surface area (Å²) in [6.07, 6.45) is 3.49. The standard InChI is InChI=1S/C12H11BrN2OS/c13-12-2-1-11(17-12)10(16)8-15-7-9-3-5-14-6-4-9/h1-6,15H,7-8H2. The minimum atomic E-state index is 0.120. The van der Waals surface area contributed by atoms with Crippen molar-refractivity contribution >= 4 is 33.0 Å². The van der Waals surface area contributed by atoms with E-state index in [1.54, 1.807) is 12.4 Å². The van der Waals surface area contributed by atoms with E-state index in [1.165, 1.54) is 11.3 Å². The van der Waals surface area contributed by atoms with Gasteiger partial charge in [-0.1, -0.05) is 0 Å². The molecule has 0 saturated heterocycles. The zero-order valence-electron chi connectivity index (χ0n) is 9.02. The number of rotatable bonds is 5. The molecule has 5 heteroatoms. The van der Waals surface area contributed by atoms with E-state index < -0.39 is 0 Å². The van der Waals surface area contributed by atoms with Crippen LogP contribution in [0.25, 0.3) is 0 Å². The summed E-state index contributed by atoms with van der Waals surface area (Å²) in [5.74, 6) is 0.120. The highest BCUT2D eigenvalue weighted by Crippen LogP contribution is 2.22. The Bertz CT molecular complexity index is 498. The molecule has 2 heterocycles. The van der Waals surface area contributed by atoms with Crippen molar-refractivity contribution in [1.82, 2.24) is 10.3 Å². The molecule has 0 fully saturated rings. The molecule has 0 radical (unpaired) electrons. The van der Waals surface area contributed by atoms with E-state index in [-0.39, 0.29) is 5.78 Å². The summed E-state index contributed by atoms with van der Waals surface area (Å²) in [5, 5.41) is 3.12. The van der Waals surface area contributed by atoms with Gasteiger partial charge in [0.1, 0.15) is 0 Å². The van der Waals surface area contributed by atoms with Gasteiger partial charge >= 0.3 is 0 Å². The zero-order valence-corrected chi connectivity index (χ0v) is 11.4. The fraction of sp³-hybridized carbons (Fsp3) is 0.167. The van der Waals surface area contributed by atoms with Gasteiger partial charge in [-0.15, -0.1) is 11.3 Å². The Kier molecular flexibility index (Phi) is 4.42. The molecule has 1 N–H and O–H groups in total. The number of hydrogen-bond donors (Lipinski definition) is 1. The molecule has 0 saturated carbocycles. The van der Waals surface area contributed by atoms with Crippen LogP contribution in [0, 0.1) is 0 Å². The average Bonchev–Trinajstić information content (AvgIpc) is 2.77. The molecule has 88 valence electrons. The number of hydrogen-bond acceptors (Lipinski definition) is 4. The third-order valence-corrected chi connectivity index (χ3v) is 3.88. The van der Waals surface area contributed by atoms with Crippen LogP contribution in [-0.2, 0) is 6.54 Å². The zero-order chi connectivity index (χ0) is 12.1. The Balaban J connectivity index is 1.81. The summed E-state index contributed by atoms with van der Waals surface area (Å²) in [5.41, 5.74) is 1.13. The second-order valence-electron chi connectivity index (χ2n) is 3.49. The number of halogens is 1. The van der Waals surface area contributed by atoms with Gasteiger partial charge in [0.2, 0.25) is 0 Å². The van der Waals surface area contributed by atoms with Gasteiger partial charge in [-0.3, -0.25) is 9.78 Å². The summed E-state index contributed by atoms with van der Waals surface area (Å²) in [7, 11) is 0. The van der Waals surface area contributed by atoms with E-state index in [9.17, 15) is 4.79 Å². The van der Waals surface area contributed by atoms with Crippen LogP contribution in [0.1, 0.15) is 15.2 Å². The number of aromatic nitrogens is 1. The van der Waals surface area contributed by atoms with Crippen LogP contribution in [0.2, 0.25) is 0 Å². The number of thiophene rings is 1. The Morgan fingerprint density at radius 2 is 2.06 bits per heavy atom. The first-order chi connectivity index (χ1) is 8.25. The summed E-state index contributed by atoms with van der Waals surface area (Å²) in [6, 6.07) is 7.59. The number of pyridine rings is 1. The van der Waals surface area contributed by atoms with E-state index >= 15 is 0 Å². The molecular formula is C12H11BrN2OS. The second-order valence-corrected chi connectivity index (χ2v) is 5.95. The SMILES string of the molecule is O=C(CNCc1ccncc1)c1ccc(Br)s1. The normalized spacial score (nSPS) is 10.4. The first kappa shape index (κ1) is 12.4. The molecule has 0 unspecified atom stereocenters. The van der Waals surface area contributed by atoms with Crippen molar-refractivity contribution < 1.29 is 4.79 Å². The lowest BCUT2D eigenvalue weighted by Crippen LogP contribution is -2.21. The molecule has 0 aromatic carbocycles. The number of nitrogens with zero attached hydrogens (tertiary/aromatic N) is 1. The van der Waals surface area contributed by atoms with Crippen LogP contribution >= 0.6 is 27.3 Å². The molecule has 17 heavy (non-hydrogen) atoms. The molecule has 3 nitrogen and oxygen atoms in total. The van der Waals surface area contributed by atoms with E-state index in [4.69, 9.17) is 0 Å². The van der Waals surface area contributed by atoms with Crippen LogP contribution in [0.3, 0.4) is 0 Å². The quantitative estimate of drug-likeness (QED) is 0.863. The number of carbonyl (C=O) groups is 1. The molecule has 0 aliphatic rings. The highest BCUT2D eigenvalue weighted by molar-refractivity contribution is 9.11. The van der Waals surface area contributed by atoms with Gasteiger partial charge in [-0.25, -0.2) is 0 Å². The van der Waals surface area contributed by atoms with Gasteiger partial charge in [-0.05, 0) is 45.8 Å². The number of nitrogens with one attached hydrogen (secondary N) is 1. The van der Waals surface area contributed by atoms with Crippen molar-refractivity contribution in [3.63, 3.8) is 0 Å². The molecule has 2 aromatic rings. The number of carbonyl (C=O) groups excluding carboxylic acids is 1.